The lowest BCUT2D eigenvalue weighted by Crippen LogP contribution is -2.03. The van der Waals surface area contributed by atoms with E-state index in [9.17, 15) is 14.7 Å². The van der Waals surface area contributed by atoms with E-state index >= 15 is 0 Å². The van der Waals surface area contributed by atoms with E-state index in [1.54, 1.807) is 30.3 Å². The van der Waals surface area contributed by atoms with Crippen LogP contribution in [0.3, 0.4) is 0 Å². The Morgan fingerprint density at radius 1 is 1.12 bits per heavy atom. The monoisotopic (exact) mass is 338 g/mol. The van der Waals surface area contributed by atoms with Gasteiger partial charge in [-0.2, -0.15) is 0 Å². The van der Waals surface area contributed by atoms with Crippen molar-refractivity contribution in [3.63, 3.8) is 0 Å². The van der Waals surface area contributed by atoms with E-state index < -0.39 is 11.6 Å². The highest BCUT2D eigenvalue weighted by molar-refractivity contribution is 5.89. The number of carbonyl (C=O) groups excluding carboxylic acids is 1. The van der Waals surface area contributed by atoms with Crippen LogP contribution >= 0.6 is 0 Å². The average Bonchev–Trinajstić information content (AvgIpc) is 2.60. The minimum Gasteiger partial charge on any atom is -0.504 e. The van der Waals surface area contributed by atoms with Gasteiger partial charge in [-0.05, 0) is 42.0 Å². The molecule has 0 aliphatic carbocycles. The SMILES string of the molecule is COc1cc(/C=C/C(=O)Oc2ccc3ccc(=O)oc3c2)ccc1O. The highest BCUT2D eigenvalue weighted by Crippen LogP contribution is 2.26. The maximum absolute atomic E-state index is 11.9. The van der Waals surface area contributed by atoms with Gasteiger partial charge in [0.25, 0.3) is 0 Å². The second-order valence-electron chi connectivity index (χ2n) is 5.14. The van der Waals surface area contributed by atoms with Crippen LogP contribution in [0.4, 0.5) is 0 Å². The maximum atomic E-state index is 11.9. The van der Waals surface area contributed by atoms with Crippen LogP contribution in [0.2, 0.25) is 0 Å². The van der Waals surface area contributed by atoms with Crippen molar-refractivity contribution in [2.45, 2.75) is 0 Å². The molecule has 0 fully saturated rings. The molecule has 0 aliphatic heterocycles. The van der Waals surface area contributed by atoms with Crippen LogP contribution in [0.1, 0.15) is 5.56 Å². The summed E-state index contributed by atoms with van der Waals surface area (Å²) in [6, 6.07) is 12.4. The predicted octanol–water partition coefficient (Wildman–Crippen LogP) is 3.13. The van der Waals surface area contributed by atoms with Crippen LogP contribution in [-0.4, -0.2) is 18.2 Å². The van der Waals surface area contributed by atoms with Crippen LogP contribution in [0, 0.1) is 0 Å². The number of rotatable bonds is 4. The predicted molar refractivity (Wildman–Crippen MR) is 91.8 cm³/mol. The third-order valence-corrected chi connectivity index (χ3v) is 3.43. The molecular formula is C19H14O6. The first-order valence-electron chi connectivity index (χ1n) is 7.36. The average molecular weight is 338 g/mol. The first-order chi connectivity index (χ1) is 12.0. The molecular weight excluding hydrogens is 324 g/mol. The van der Waals surface area contributed by atoms with Crippen LogP contribution in [0.25, 0.3) is 17.0 Å². The Kier molecular flexibility index (Phi) is 4.52. The summed E-state index contributed by atoms with van der Waals surface area (Å²) in [6.07, 6.45) is 2.78. The zero-order chi connectivity index (χ0) is 17.8. The van der Waals surface area contributed by atoms with E-state index in [0.717, 1.165) is 5.39 Å². The van der Waals surface area contributed by atoms with E-state index in [0.29, 0.717) is 16.9 Å². The summed E-state index contributed by atoms with van der Waals surface area (Å²) in [5.41, 5.74) is 0.526. The molecule has 0 unspecified atom stereocenters. The minimum atomic E-state index is -0.593. The quantitative estimate of drug-likeness (QED) is 0.340. The fraction of sp³-hybridized carbons (Fsp3) is 0.0526. The van der Waals surface area contributed by atoms with Gasteiger partial charge >= 0.3 is 11.6 Å². The van der Waals surface area contributed by atoms with Crippen LogP contribution in [-0.2, 0) is 4.79 Å². The molecule has 1 N–H and O–H groups in total. The molecule has 0 bridgehead atoms. The third kappa shape index (κ3) is 3.87. The summed E-state index contributed by atoms with van der Waals surface area (Å²) in [7, 11) is 1.44. The molecule has 0 spiro atoms. The molecule has 0 saturated carbocycles. The fourth-order valence-corrected chi connectivity index (χ4v) is 2.22. The fourth-order valence-electron chi connectivity index (χ4n) is 2.22. The van der Waals surface area contributed by atoms with Gasteiger partial charge < -0.3 is 19.0 Å². The first-order valence-corrected chi connectivity index (χ1v) is 7.36. The number of carbonyl (C=O) groups is 1. The van der Waals surface area contributed by atoms with Gasteiger partial charge in [-0.25, -0.2) is 9.59 Å². The van der Waals surface area contributed by atoms with Gasteiger partial charge in [0.2, 0.25) is 0 Å². The minimum absolute atomic E-state index is 0.0138. The molecule has 126 valence electrons. The zero-order valence-electron chi connectivity index (χ0n) is 13.3. The number of methoxy groups -OCH3 is 1. The summed E-state index contributed by atoms with van der Waals surface area (Å²) >= 11 is 0. The standard InChI is InChI=1S/C19H14O6/c1-23-17-10-12(2-7-15(17)20)3-8-18(21)24-14-6-4-13-5-9-19(22)25-16(13)11-14/h2-11,20H,1H3/b8-3+. The molecule has 6 nitrogen and oxygen atoms in total. The van der Waals surface area contributed by atoms with E-state index in [1.165, 1.54) is 37.5 Å². The molecule has 0 amide bonds. The molecule has 25 heavy (non-hydrogen) atoms. The van der Waals surface area contributed by atoms with Crippen molar-refractivity contribution >= 4 is 23.0 Å². The van der Waals surface area contributed by atoms with Crippen molar-refractivity contribution in [1.82, 2.24) is 0 Å². The third-order valence-electron chi connectivity index (χ3n) is 3.43. The van der Waals surface area contributed by atoms with Gasteiger partial charge in [-0.1, -0.05) is 6.07 Å². The second-order valence-corrected chi connectivity index (χ2v) is 5.14. The van der Waals surface area contributed by atoms with E-state index in [2.05, 4.69) is 0 Å². The normalized spacial score (nSPS) is 10.9. The molecule has 1 heterocycles. The number of esters is 1. The van der Waals surface area contributed by atoms with Crippen molar-refractivity contribution in [1.29, 1.82) is 0 Å². The van der Waals surface area contributed by atoms with Crippen LogP contribution < -0.4 is 15.1 Å². The lowest BCUT2D eigenvalue weighted by molar-refractivity contribution is -0.128. The molecule has 3 aromatic rings. The van der Waals surface area contributed by atoms with E-state index in [1.807, 2.05) is 0 Å². The number of benzene rings is 2. The Hall–Kier alpha value is -3.54. The summed E-state index contributed by atoms with van der Waals surface area (Å²) in [6.45, 7) is 0. The Morgan fingerprint density at radius 3 is 2.72 bits per heavy atom. The summed E-state index contributed by atoms with van der Waals surface area (Å²) in [5.74, 6) is -0.00980. The van der Waals surface area contributed by atoms with Gasteiger partial charge in [-0.3, -0.25) is 0 Å². The molecule has 6 heteroatoms. The summed E-state index contributed by atoms with van der Waals surface area (Å²) in [5, 5.41) is 10.3. The first kappa shape index (κ1) is 16.3. The number of ether oxygens (including phenoxy) is 2. The highest BCUT2D eigenvalue weighted by atomic mass is 16.5. The highest BCUT2D eigenvalue weighted by Gasteiger charge is 2.05. The molecule has 0 aliphatic rings. The summed E-state index contributed by atoms with van der Waals surface area (Å²) in [4.78, 5) is 23.2. The maximum Gasteiger partial charge on any atom is 0.336 e. The lowest BCUT2D eigenvalue weighted by atomic mass is 10.2. The van der Waals surface area contributed by atoms with Crippen molar-refractivity contribution in [3.05, 3.63) is 70.6 Å². The van der Waals surface area contributed by atoms with Crippen molar-refractivity contribution < 1.29 is 23.8 Å². The molecule has 3 rings (SSSR count). The number of aromatic hydroxyl groups is 1. The Bertz CT molecular complexity index is 1020. The van der Waals surface area contributed by atoms with Gasteiger partial charge in [0.1, 0.15) is 11.3 Å². The number of hydrogen-bond acceptors (Lipinski definition) is 6. The van der Waals surface area contributed by atoms with Crippen LogP contribution in [0.15, 0.2) is 63.8 Å². The summed E-state index contributed by atoms with van der Waals surface area (Å²) < 4.78 is 15.2. The van der Waals surface area contributed by atoms with E-state index in [-0.39, 0.29) is 11.5 Å². The van der Waals surface area contributed by atoms with Gasteiger partial charge in [0.15, 0.2) is 11.5 Å². The Morgan fingerprint density at radius 2 is 1.92 bits per heavy atom. The Balaban J connectivity index is 1.75. The van der Waals surface area contributed by atoms with Crippen LogP contribution in [0.5, 0.6) is 17.2 Å². The van der Waals surface area contributed by atoms with Crippen molar-refractivity contribution in [3.8, 4) is 17.2 Å². The molecule has 0 saturated heterocycles. The molecule has 1 aromatic heterocycles. The number of hydrogen-bond donors (Lipinski definition) is 1. The van der Waals surface area contributed by atoms with E-state index in [4.69, 9.17) is 13.9 Å². The largest absolute Gasteiger partial charge is 0.504 e. The Labute approximate surface area is 142 Å². The molecule has 0 atom stereocenters. The smallest absolute Gasteiger partial charge is 0.336 e. The van der Waals surface area contributed by atoms with Gasteiger partial charge in [0.05, 0.1) is 7.11 Å². The number of fused-ring (bicyclic) bond motifs is 1. The van der Waals surface area contributed by atoms with Crippen molar-refractivity contribution in [2.24, 2.45) is 0 Å². The van der Waals surface area contributed by atoms with Crippen molar-refractivity contribution in [2.75, 3.05) is 7.11 Å². The molecule has 0 radical (unpaired) electrons. The van der Waals surface area contributed by atoms with Gasteiger partial charge in [0, 0.05) is 23.6 Å². The number of phenolic OH excluding ortho intramolecular Hbond substituents is 1. The van der Waals surface area contributed by atoms with Gasteiger partial charge in [-0.15, -0.1) is 0 Å². The molecule has 2 aromatic carbocycles. The number of phenols is 1. The second kappa shape index (κ2) is 6.92. The zero-order valence-corrected chi connectivity index (χ0v) is 13.3. The topological polar surface area (TPSA) is 86.0 Å². The lowest BCUT2D eigenvalue weighted by Gasteiger charge is -2.04.